The number of hydrogen-bond acceptors (Lipinski definition) is 4. The SMILES string of the molecule is CC12CC[C@@]34CC35CC[C@H](O)C(C)(C)C5CCC4C1CC1OC(CNS(C)(=O)=O)CCC12. The standard InChI is InChI=1S/C26H43NO4S/c1-23(2)21-8-7-17-19-13-20-18(6-5-16(31-20)14-27-32(4,29)30)24(19,3)11-12-25(17)15-26(21,25)10-9-22(23)28/h16-22,27-28H,5-15H2,1-4H3/t16?,17?,18?,19?,20?,21?,22-,24?,25-,26?/m0/s1. The number of nitrogens with one attached hydrogen (secondary N) is 1. The van der Waals surface area contributed by atoms with Gasteiger partial charge in [-0.25, -0.2) is 13.1 Å². The molecule has 0 aromatic rings. The molecule has 0 amide bonds. The van der Waals surface area contributed by atoms with E-state index in [1.54, 1.807) is 0 Å². The van der Waals surface area contributed by atoms with Gasteiger partial charge in [-0.2, -0.15) is 0 Å². The second kappa shape index (κ2) is 6.73. The number of fused-ring (bicyclic) bond motifs is 4. The highest BCUT2D eigenvalue weighted by molar-refractivity contribution is 7.88. The van der Waals surface area contributed by atoms with Crippen LogP contribution in [-0.2, 0) is 14.8 Å². The molecule has 5 saturated carbocycles. The summed E-state index contributed by atoms with van der Waals surface area (Å²) in [6.45, 7) is 7.67. The third-order valence-corrected chi connectivity index (χ3v) is 12.9. The summed E-state index contributed by atoms with van der Waals surface area (Å²) >= 11 is 0. The summed E-state index contributed by atoms with van der Waals surface area (Å²) in [6, 6.07) is 0. The van der Waals surface area contributed by atoms with Crippen LogP contribution < -0.4 is 4.72 Å². The topological polar surface area (TPSA) is 75.6 Å². The Balaban J connectivity index is 1.23. The number of sulfonamides is 1. The predicted molar refractivity (Wildman–Crippen MR) is 124 cm³/mol. The molecule has 2 N–H and O–H groups in total. The number of ether oxygens (including phenoxy) is 1. The molecule has 0 aromatic carbocycles. The molecule has 1 aliphatic heterocycles. The van der Waals surface area contributed by atoms with Crippen LogP contribution in [0.5, 0.6) is 0 Å². The predicted octanol–water partition coefficient (Wildman–Crippen LogP) is 4.10. The van der Waals surface area contributed by atoms with Gasteiger partial charge in [0.2, 0.25) is 10.0 Å². The highest BCUT2D eigenvalue weighted by Gasteiger charge is 2.80. The highest BCUT2D eigenvalue weighted by atomic mass is 32.2. The molecule has 10 atom stereocenters. The molecular weight excluding hydrogens is 422 g/mol. The Morgan fingerprint density at radius 1 is 0.938 bits per heavy atom. The van der Waals surface area contributed by atoms with E-state index in [4.69, 9.17) is 4.74 Å². The second-order valence-corrected chi connectivity index (χ2v) is 15.4. The molecule has 6 heteroatoms. The Kier molecular flexibility index (Phi) is 4.69. The minimum absolute atomic E-state index is 0.0207. The van der Waals surface area contributed by atoms with E-state index in [0.717, 1.165) is 24.7 Å². The van der Waals surface area contributed by atoms with Gasteiger partial charge < -0.3 is 9.84 Å². The fraction of sp³-hybridized carbons (Fsp3) is 1.00. The van der Waals surface area contributed by atoms with Crippen molar-refractivity contribution >= 4 is 10.0 Å². The van der Waals surface area contributed by atoms with Crippen LogP contribution in [0.25, 0.3) is 0 Å². The van der Waals surface area contributed by atoms with E-state index in [0.29, 0.717) is 40.7 Å². The summed E-state index contributed by atoms with van der Waals surface area (Å²) in [7, 11) is -3.17. The molecule has 6 rings (SSSR count). The first kappa shape index (κ1) is 22.3. The van der Waals surface area contributed by atoms with Gasteiger partial charge in [-0.05, 0) is 110 Å². The van der Waals surface area contributed by atoms with E-state index >= 15 is 0 Å². The number of aliphatic hydroxyl groups excluding tert-OH is 1. The first-order valence-electron chi connectivity index (χ1n) is 13.2. The maximum atomic E-state index is 11.6. The van der Waals surface area contributed by atoms with Crippen molar-refractivity contribution in [2.24, 2.45) is 45.3 Å². The zero-order valence-corrected chi connectivity index (χ0v) is 21.2. The largest absolute Gasteiger partial charge is 0.393 e. The van der Waals surface area contributed by atoms with Gasteiger partial charge in [0, 0.05) is 6.54 Å². The van der Waals surface area contributed by atoms with Crippen molar-refractivity contribution in [3.8, 4) is 0 Å². The van der Waals surface area contributed by atoms with Crippen LogP contribution in [0, 0.1) is 45.3 Å². The van der Waals surface area contributed by atoms with Crippen molar-refractivity contribution < 1.29 is 18.3 Å². The third kappa shape index (κ3) is 2.82. The van der Waals surface area contributed by atoms with Gasteiger partial charge in [0.1, 0.15) is 0 Å². The Hall–Kier alpha value is -0.170. The molecule has 182 valence electrons. The zero-order chi connectivity index (χ0) is 22.7. The molecule has 1 heterocycles. The molecule has 0 radical (unpaired) electrons. The highest BCUT2D eigenvalue weighted by Crippen LogP contribution is 2.87. The van der Waals surface area contributed by atoms with Gasteiger partial charge in [0.15, 0.2) is 0 Å². The second-order valence-electron chi connectivity index (χ2n) is 13.6. The van der Waals surface area contributed by atoms with E-state index in [-0.39, 0.29) is 17.6 Å². The van der Waals surface area contributed by atoms with Crippen molar-refractivity contribution in [2.45, 2.75) is 103 Å². The first-order valence-corrected chi connectivity index (χ1v) is 15.1. The van der Waals surface area contributed by atoms with Crippen LogP contribution in [0.3, 0.4) is 0 Å². The maximum absolute atomic E-state index is 11.6. The van der Waals surface area contributed by atoms with E-state index < -0.39 is 10.0 Å². The molecule has 5 nitrogen and oxygen atoms in total. The summed E-state index contributed by atoms with van der Waals surface area (Å²) in [6.07, 6.45) is 13.7. The molecule has 6 fully saturated rings. The average molecular weight is 466 g/mol. The monoisotopic (exact) mass is 465 g/mol. The molecule has 32 heavy (non-hydrogen) atoms. The molecule has 2 spiro atoms. The minimum Gasteiger partial charge on any atom is -0.393 e. The van der Waals surface area contributed by atoms with Crippen molar-refractivity contribution in [3.63, 3.8) is 0 Å². The van der Waals surface area contributed by atoms with Crippen LogP contribution in [0.15, 0.2) is 0 Å². The van der Waals surface area contributed by atoms with E-state index in [9.17, 15) is 13.5 Å². The average Bonchev–Trinajstić information content (AvgIpc) is 3.30. The lowest BCUT2D eigenvalue weighted by Gasteiger charge is -2.59. The van der Waals surface area contributed by atoms with Crippen molar-refractivity contribution in [2.75, 3.05) is 12.8 Å². The fourth-order valence-corrected chi connectivity index (χ4v) is 11.2. The summed E-state index contributed by atoms with van der Waals surface area (Å²) < 4.78 is 32.4. The van der Waals surface area contributed by atoms with Crippen LogP contribution >= 0.6 is 0 Å². The summed E-state index contributed by atoms with van der Waals surface area (Å²) in [5, 5.41) is 10.8. The fourth-order valence-electron chi connectivity index (χ4n) is 10.7. The molecule has 6 aliphatic rings. The van der Waals surface area contributed by atoms with Gasteiger partial charge in [-0.3, -0.25) is 0 Å². The van der Waals surface area contributed by atoms with Crippen LogP contribution in [-0.4, -0.2) is 44.6 Å². The summed E-state index contributed by atoms with van der Waals surface area (Å²) in [5.74, 6) is 2.90. The lowest BCUT2D eigenvalue weighted by molar-refractivity contribution is -0.134. The normalized spacial score (nSPS) is 55.7. The van der Waals surface area contributed by atoms with Gasteiger partial charge in [-0.15, -0.1) is 0 Å². The number of rotatable bonds is 3. The molecule has 8 unspecified atom stereocenters. The Morgan fingerprint density at radius 2 is 1.69 bits per heavy atom. The number of hydrogen-bond donors (Lipinski definition) is 2. The van der Waals surface area contributed by atoms with E-state index in [2.05, 4.69) is 25.5 Å². The smallest absolute Gasteiger partial charge is 0.208 e. The minimum atomic E-state index is -3.17. The first-order chi connectivity index (χ1) is 14.9. The molecule has 0 aromatic heterocycles. The zero-order valence-electron chi connectivity index (χ0n) is 20.4. The van der Waals surface area contributed by atoms with Gasteiger partial charge >= 0.3 is 0 Å². The van der Waals surface area contributed by atoms with Crippen molar-refractivity contribution in [1.29, 1.82) is 0 Å². The van der Waals surface area contributed by atoms with E-state index in [1.165, 1.54) is 57.6 Å². The lowest BCUT2D eigenvalue weighted by atomic mass is 9.46. The third-order valence-electron chi connectivity index (χ3n) is 12.2. The van der Waals surface area contributed by atoms with Crippen LogP contribution in [0.1, 0.15) is 85.0 Å². The Bertz CT molecular complexity index is 904. The number of aliphatic hydroxyl groups is 1. The summed E-state index contributed by atoms with van der Waals surface area (Å²) in [4.78, 5) is 0. The molecule has 1 saturated heterocycles. The quantitative estimate of drug-likeness (QED) is 0.658. The van der Waals surface area contributed by atoms with Crippen LogP contribution in [0.4, 0.5) is 0 Å². The van der Waals surface area contributed by atoms with Crippen molar-refractivity contribution in [3.05, 3.63) is 0 Å². The Labute approximate surface area is 194 Å². The lowest BCUT2D eigenvalue weighted by Crippen LogP contribution is -2.54. The van der Waals surface area contributed by atoms with Crippen molar-refractivity contribution in [1.82, 2.24) is 4.72 Å². The molecule has 5 aliphatic carbocycles. The van der Waals surface area contributed by atoms with E-state index in [1.807, 2.05) is 0 Å². The molecule has 0 bridgehead atoms. The van der Waals surface area contributed by atoms with Gasteiger partial charge in [0.25, 0.3) is 0 Å². The van der Waals surface area contributed by atoms with Gasteiger partial charge in [-0.1, -0.05) is 20.8 Å². The van der Waals surface area contributed by atoms with Gasteiger partial charge in [0.05, 0.1) is 24.6 Å². The Morgan fingerprint density at radius 3 is 2.44 bits per heavy atom. The molecular formula is C26H43NO4S. The summed E-state index contributed by atoms with van der Waals surface area (Å²) in [5.41, 5.74) is 1.47. The maximum Gasteiger partial charge on any atom is 0.208 e. The van der Waals surface area contributed by atoms with Crippen LogP contribution in [0.2, 0.25) is 0 Å².